The number of Topliss-reactive ketones (excluding diaryl/α,β-unsaturated/α-hetero) is 2. The SMILES string of the molecule is C=C1C(=O)[C@H](C)C[C@@](C)(OC)[C@H](O[C@@H]2OC(C)CC(N(C)C)C2O)[C@@H](C)C(=O)[C@@H](C)C(=O)O[C@H](CC)[C@@]2(C)OC(=O)N(CCCCN=[N+]=[N-])[C@H]12. The first-order valence-corrected chi connectivity index (χ1v) is 17.6. The number of carbonyl (C=O) groups excluding carboxylic acids is 4. The Kier molecular flexibility index (Phi) is 14.0. The molecule has 0 aromatic heterocycles. The van der Waals surface area contributed by atoms with E-state index >= 15 is 0 Å². The molecule has 50 heavy (non-hydrogen) atoms. The van der Waals surface area contributed by atoms with Crippen LogP contribution >= 0.6 is 0 Å². The summed E-state index contributed by atoms with van der Waals surface area (Å²) in [5.74, 6) is -4.67. The van der Waals surface area contributed by atoms with Gasteiger partial charge in [-0.05, 0) is 79.4 Å². The molecule has 0 aliphatic carbocycles. The van der Waals surface area contributed by atoms with Crippen molar-refractivity contribution in [3.05, 3.63) is 22.6 Å². The van der Waals surface area contributed by atoms with E-state index in [2.05, 4.69) is 16.6 Å². The Bertz CT molecular complexity index is 1320. The van der Waals surface area contributed by atoms with Crippen molar-refractivity contribution in [2.45, 2.75) is 135 Å². The van der Waals surface area contributed by atoms with Gasteiger partial charge in [0.05, 0.1) is 17.8 Å². The van der Waals surface area contributed by atoms with Gasteiger partial charge in [0.25, 0.3) is 0 Å². The van der Waals surface area contributed by atoms with Crippen LogP contribution in [-0.2, 0) is 38.1 Å². The summed E-state index contributed by atoms with van der Waals surface area (Å²) in [4.78, 5) is 61.7. The number of cyclic esters (lactones) is 1. The van der Waals surface area contributed by atoms with Crippen LogP contribution in [0, 0.1) is 17.8 Å². The van der Waals surface area contributed by atoms with E-state index in [1.807, 2.05) is 25.9 Å². The van der Waals surface area contributed by atoms with Gasteiger partial charge in [-0.1, -0.05) is 32.5 Å². The maximum Gasteiger partial charge on any atom is 0.411 e. The number of unbranched alkanes of at least 4 members (excludes halogenated alkanes) is 1. The number of hydrogen-bond acceptors (Lipinski definition) is 12. The quantitative estimate of drug-likeness (QED) is 0.0651. The smallest absolute Gasteiger partial charge is 0.411 e. The average Bonchev–Trinajstić information content (AvgIpc) is 3.33. The second-order valence-electron chi connectivity index (χ2n) is 14.7. The molecule has 0 radical (unpaired) electrons. The van der Waals surface area contributed by atoms with E-state index in [9.17, 15) is 24.3 Å². The number of aliphatic hydroxyl groups is 1. The van der Waals surface area contributed by atoms with Crippen LogP contribution in [0.3, 0.4) is 0 Å². The summed E-state index contributed by atoms with van der Waals surface area (Å²) >= 11 is 0. The number of fused-ring (bicyclic) bond motifs is 1. The molecule has 12 atom stereocenters. The van der Waals surface area contributed by atoms with Crippen molar-refractivity contribution < 1.29 is 48.0 Å². The van der Waals surface area contributed by atoms with Crippen LogP contribution in [0.4, 0.5) is 4.79 Å². The van der Waals surface area contributed by atoms with Crippen molar-refractivity contribution in [3.8, 4) is 0 Å². The first kappa shape index (κ1) is 41.4. The number of aliphatic hydroxyl groups excluding tert-OH is 1. The lowest BCUT2D eigenvalue weighted by molar-refractivity contribution is -0.295. The minimum atomic E-state index is -1.51. The Balaban J connectivity index is 2.11. The van der Waals surface area contributed by atoms with Gasteiger partial charge in [-0.3, -0.25) is 19.3 Å². The van der Waals surface area contributed by atoms with Crippen molar-refractivity contribution in [1.29, 1.82) is 0 Å². The van der Waals surface area contributed by atoms with E-state index in [4.69, 9.17) is 29.2 Å². The van der Waals surface area contributed by atoms with Crippen LogP contribution < -0.4 is 0 Å². The van der Waals surface area contributed by atoms with Crippen LogP contribution in [0.1, 0.15) is 80.6 Å². The number of rotatable bonds is 10. The van der Waals surface area contributed by atoms with Gasteiger partial charge in [-0.15, -0.1) is 0 Å². The van der Waals surface area contributed by atoms with E-state index in [0.717, 1.165) is 0 Å². The molecule has 3 heterocycles. The zero-order valence-electron chi connectivity index (χ0n) is 31.3. The molecule has 0 bridgehead atoms. The monoisotopic (exact) mass is 707 g/mol. The third-order valence-electron chi connectivity index (χ3n) is 10.7. The Morgan fingerprint density at radius 1 is 1.14 bits per heavy atom. The maximum absolute atomic E-state index is 14.3. The van der Waals surface area contributed by atoms with E-state index in [1.165, 1.54) is 18.9 Å². The van der Waals surface area contributed by atoms with E-state index in [1.54, 1.807) is 34.6 Å². The Morgan fingerprint density at radius 3 is 2.38 bits per heavy atom. The number of esters is 1. The Morgan fingerprint density at radius 2 is 1.80 bits per heavy atom. The lowest BCUT2D eigenvalue weighted by Gasteiger charge is -2.47. The van der Waals surface area contributed by atoms with Crippen molar-refractivity contribution in [2.75, 3.05) is 34.3 Å². The molecule has 0 aromatic rings. The van der Waals surface area contributed by atoms with Gasteiger partial charge >= 0.3 is 12.1 Å². The summed E-state index contributed by atoms with van der Waals surface area (Å²) in [5.41, 5.74) is 5.91. The molecule has 0 aromatic carbocycles. The summed E-state index contributed by atoms with van der Waals surface area (Å²) in [6, 6.07) is -1.30. The molecule has 15 nitrogen and oxygen atoms in total. The fourth-order valence-electron chi connectivity index (χ4n) is 7.79. The number of amides is 1. The summed E-state index contributed by atoms with van der Waals surface area (Å²) in [5, 5.41) is 14.9. The highest BCUT2D eigenvalue weighted by Crippen LogP contribution is 2.42. The zero-order chi connectivity index (χ0) is 37.7. The standard InChI is InChI=1S/C35H57N5O10/c1-12-25-35(8)29(40(33(45)50-35)16-14-13-15-37-38-36)21(4)26(41)19(2)18-34(7,46-11)30(22(5)27(42)23(6)31(44)48-25)49-32-28(43)24(39(9)10)17-20(3)47-32/h19-20,22-25,28-30,32,43H,4,12-18H2,1-3,5-11H3/t19-,20?,22+,23-,24?,25-,28?,29-,30-,32+,34-,35-/m1/s1. The van der Waals surface area contributed by atoms with Crippen LogP contribution in [-0.4, -0.2) is 127 Å². The minimum Gasteiger partial charge on any atom is -0.457 e. The molecule has 3 saturated heterocycles. The highest BCUT2D eigenvalue weighted by molar-refractivity contribution is 6.00. The van der Waals surface area contributed by atoms with E-state index in [-0.39, 0.29) is 49.4 Å². The summed E-state index contributed by atoms with van der Waals surface area (Å²) < 4.78 is 30.6. The van der Waals surface area contributed by atoms with Crippen molar-refractivity contribution >= 4 is 23.6 Å². The average molecular weight is 708 g/mol. The lowest BCUT2D eigenvalue weighted by atomic mass is 9.75. The number of hydrogen-bond donors (Lipinski definition) is 1. The molecule has 1 amide bonds. The largest absolute Gasteiger partial charge is 0.457 e. The van der Waals surface area contributed by atoms with Gasteiger partial charge in [0.2, 0.25) is 0 Å². The van der Waals surface area contributed by atoms with Crippen molar-refractivity contribution in [1.82, 2.24) is 9.80 Å². The molecule has 1 N–H and O–H groups in total. The molecule has 3 fully saturated rings. The van der Waals surface area contributed by atoms with Crippen molar-refractivity contribution in [2.24, 2.45) is 22.9 Å². The van der Waals surface area contributed by atoms with Gasteiger partial charge in [-0.2, -0.15) is 0 Å². The second kappa shape index (κ2) is 17.0. The molecule has 3 rings (SSSR count). The third kappa shape index (κ3) is 8.51. The lowest BCUT2D eigenvalue weighted by Crippen LogP contribution is -2.59. The first-order chi connectivity index (χ1) is 23.4. The Labute approximate surface area is 295 Å². The summed E-state index contributed by atoms with van der Waals surface area (Å²) in [6.07, 6.45) is -3.54. The van der Waals surface area contributed by atoms with Gasteiger partial charge in [-0.25, -0.2) is 4.79 Å². The number of nitrogens with zero attached hydrogens (tertiary/aromatic N) is 5. The van der Waals surface area contributed by atoms with Gasteiger partial charge in [0, 0.05) is 48.6 Å². The maximum atomic E-state index is 14.3. The number of azide groups is 1. The fraction of sp³-hybridized carbons (Fsp3) is 0.829. The number of carbonyl (C=O) groups is 4. The highest BCUT2D eigenvalue weighted by Gasteiger charge is 2.59. The predicted octanol–water partition coefficient (Wildman–Crippen LogP) is 4.20. The second-order valence-corrected chi connectivity index (χ2v) is 14.7. The van der Waals surface area contributed by atoms with Gasteiger partial charge < -0.3 is 33.7 Å². The Hall–Kier alpha value is -3.07. The molecular weight excluding hydrogens is 650 g/mol. The van der Waals surface area contributed by atoms with Gasteiger partial charge in [0.1, 0.15) is 24.2 Å². The molecule has 3 aliphatic heterocycles. The number of likely N-dealkylation sites (N-methyl/N-ethyl adjacent to an activating group) is 1. The number of methoxy groups -OCH3 is 1. The number of ketones is 2. The zero-order valence-corrected chi connectivity index (χ0v) is 31.3. The van der Waals surface area contributed by atoms with Gasteiger partial charge in [0.15, 0.2) is 23.5 Å². The predicted molar refractivity (Wildman–Crippen MR) is 183 cm³/mol. The first-order valence-electron chi connectivity index (χ1n) is 17.6. The van der Waals surface area contributed by atoms with Crippen LogP contribution in [0.5, 0.6) is 0 Å². The molecule has 3 unspecified atom stereocenters. The summed E-state index contributed by atoms with van der Waals surface area (Å²) in [7, 11) is 5.16. The number of ether oxygens (including phenoxy) is 5. The van der Waals surface area contributed by atoms with E-state index in [0.29, 0.717) is 19.3 Å². The molecule has 0 saturated carbocycles. The van der Waals surface area contributed by atoms with Crippen LogP contribution in [0.15, 0.2) is 17.3 Å². The molecule has 0 spiro atoms. The van der Waals surface area contributed by atoms with E-state index < -0.39 is 77.4 Å². The van der Waals surface area contributed by atoms with Crippen LogP contribution in [0.2, 0.25) is 0 Å². The highest BCUT2D eigenvalue weighted by atomic mass is 16.7. The normalized spacial score (nSPS) is 39.0. The third-order valence-corrected chi connectivity index (χ3v) is 10.7. The summed E-state index contributed by atoms with van der Waals surface area (Å²) in [6.45, 7) is 16.4. The molecule has 15 heteroatoms. The molecule has 3 aliphatic rings. The molecular formula is C35H57N5O10. The molecule has 282 valence electrons. The van der Waals surface area contributed by atoms with Crippen LogP contribution in [0.25, 0.3) is 10.4 Å². The van der Waals surface area contributed by atoms with Crippen molar-refractivity contribution in [3.63, 3.8) is 0 Å². The fourth-order valence-corrected chi connectivity index (χ4v) is 7.79. The minimum absolute atomic E-state index is 0.0551. The topological polar surface area (TPSA) is 190 Å².